The molecule has 0 spiro atoms. The number of hydrogen-bond acceptors (Lipinski definition) is 2. The van der Waals surface area contributed by atoms with Gasteiger partial charge in [0.1, 0.15) is 5.75 Å². The second-order valence-electron chi connectivity index (χ2n) is 2.90. The molecule has 2 aromatic carbocycles. The van der Waals surface area contributed by atoms with Crippen molar-refractivity contribution in [2.45, 2.75) is 0 Å². The molecule has 15 heavy (non-hydrogen) atoms. The summed E-state index contributed by atoms with van der Waals surface area (Å²) >= 11 is 0. The molecule has 6 N–H and O–H groups in total. The van der Waals surface area contributed by atoms with E-state index in [2.05, 4.69) is 0 Å². The summed E-state index contributed by atoms with van der Waals surface area (Å²) in [5.41, 5.74) is 4.95. The molecule has 0 aliphatic rings. The second kappa shape index (κ2) is 4.43. The maximum atomic E-state index is 10.6. The van der Waals surface area contributed by atoms with Crippen molar-refractivity contribution in [2.24, 2.45) is 5.73 Å². The van der Waals surface area contributed by atoms with E-state index < -0.39 is 6.09 Å². The van der Waals surface area contributed by atoms with E-state index in [4.69, 9.17) is 10.5 Å². The summed E-state index contributed by atoms with van der Waals surface area (Å²) in [6, 6.07) is 13.1. The molecule has 0 radical (unpaired) electrons. The molecule has 0 heterocycles. The van der Waals surface area contributed by atoms with E-state index in [0.717, 1.165) is 10.8 Å². The molecular formula is C11H13N2O2+. The van der Waals surface area contributed by atoms with Gasteiger partial charge in [0.2, 0.25) is 0 Å². The van der Waals surface area contributed by atoms with Gasteiger partial charge >= 0.3 is 6.09 Å². The number of carbonyl (C=O) groups is 1. The lowest BCUT2D eigenvalue weighted by Gasteiger charge is -2.04. The van der Waals surface area contributed by atoms with Gasteiger partial charge in [0.05, 0.1) is 0 Å². The van der Waals surface area contributed by atoms with E-state index in [1.165, 1.54) is 0 Å². The molecular weight excluding hydrogens is 192 g/mol. The predicted molar refractivity (Wildman–Crippen MR) is 60.1 cm³/mol. The third-order valence-electron chi connectivity index (χ3n) is 1.96. The van der Waals surface area contributed by atoms with Crippen LogP contribution in [0.4, 0.5) is 4.79 Å². The van der Waals surface area contributed by atoms with Crippen LogP contribution in [0.3, 0.4) is 0 Å². The van der Waals surface area contributed by atoms with Gasteiger partial charge in [-0.15, -0.1) is 0 Å². The molecule has 0 saturated carbocycles. The maximum Gasteiger partial charge on any atom is 0.409 e. The van der Waals surface area contributed by atoms with Crippen LogP contribution in [0.15, 0.2) is 42.5 Å². The van der Waals surface area contributed by atoms with Crippen LogP contribution in [-0.4, -0.2) is 6.09 Å². The highest BCUT2D eigenvalue weighted by Gasteiger charge is 2.02. The fourth-order valence-corrected chi connectivity index (χ4v) is 1.39. The lowest BCUT2D eigenvalue weighted by Crippen LogP contribution is -2.16. The summed E-state index contributed by atoms with van der Waals surface area (Å²) in [5.74, 6) is 0.496. The van der Waals surface area contributed by atoms with Crippen molar-refractivity contribution in [3.05, 3.63) is 42.5 Å². The summed E-state index contributed by atoms with van der Waals surface area (Å²) in [4.78, 5) is 10.6. The summed E-state index contributed by atoms with van der Waals surface area (Å²) in [5, 5.41) is 1.90. The minimum absolute atomic E-state index is 0. The number of fused-ring (bicyclic) bond motifs is 1. The van der Waals surface area contributed by atoms with Crippen LogP contribution in [0.2, 0.25) is 0 Å². The van der Waals surface area contributed by atoms with E-state index in [1.54, 1.807) is 6.07 Å². The van der Waals surface area contributed by atoms with E-state index in [9.17, 15) is 4.79 Å². The number of carbonyl (C=O) groups excluding carboxylic acids is 1. The number of benzene rings is 2. The lowest BCUT2D eigenvalue weighted by atomic mass is 10.1. The minimum Gasteiger partial charge on any atom is -0.410 e. The monoisotopic (exact) mass is 205 g/mol. The SMILES string of the molecule is NC(=O)Oc1cccc2ccccc12.[NH4+]. The fourth-order valence-electron chi connectivity index (χ4n) is 1.39. The van der Waals surface area contributed by atoms with Gasteiger partial charge in [-0.2, -0.15) is 0 Å². The molecule has 0 bridgehead atoms. The van der Waals surface area contributed by atoms with Crippen LogP contribution in [0.5, 0.6) is 5.75 Å². The van der Waals surface area contributed by atoms with Crippen molar-refractivity contribution in [1.82, 2.24) is 6.15 Å². The Hall–Kier alpha value is -2.07. The number of primary amides is 1. The normalized spacial score (nSPS) is 9.33. The quantitative estimate of drug-likeness (QED) is 0.749. The van der Waals surface area contributed by atoms with Crippen LogP contribution in [-0.2, 0) is 0 Å². The Labute approximate surface area is 87.2 Å². The zero-order chi connectivity index (χ0) is 9.97. The lowest BCUT2D eigenvalue weighted by molar-refractivity contribution is 0.211. The summed E-state index contributed by atoms with van der Waals surface area (Å²) in [7, 11) is 0. The molecule has 1 amide bonds. The first-order valence-corrected chi connectivity index (χ1v) is 4.22. The Morgan fingerprint density at radius 3 is 2.47 bits per heavy atom. The highest BCUT2D eigenvalue weighted by Crippen LogP contribution is 2.24. The van der Waals surface area contributed by atoms with Crippen LogP contribution < -0.4 is 16.6 Å². The number of hydrogen-bond donors (Lipinski definition) is 2. The van der Waals surface area contributed by atoms with Gasteiger partial charge in [-0.1, -0.05) is 36.4 Å². The number of amides is 1. The molecule has 0 aromatic heterocycles. The van der Waals surface area contributed by atoms with Crippen LogP contribution >= 0.6 is 0 Å². The molecule has 2 rings (SSSR count). The first-order valence-electron chi connectivity index (χ1n) is 4.22. The van der Waals surface area contributed by atoms with Gasteiger partial charge in [-0.3, -0.25) is 0 Å². The van der Waals surface area contributed by atoms with E-state index in [-0.39, 0.29) is 6.15 Å². The van der Waals surface area contributed by atoms with Gasteiger partial charge in [0.25, 0.3) is 0 Å². The van der Waals surface area contributed by atoms with Crippen molar-refractivity contribution >= 4 is 16.9 Å². The number of ether oxygens (including phenoxy) is 1. The zero-order valence-electron chi connectivity index (χ0n) is 8.44. The number of nitrogens with two attached hydrogens (primary N) is 1. The smallest absolute Gasteiger partial charge is 0.409 e. The highest BCUT2D eigenvalue weighted by atomic mass is 16.5. The average Bonchev–Trinajstić information content (AvgIpc) is 2.18. The molecule has 2 aromatic rings. The van der Waals surface area contributed by atoms with Crippen molar-refractivity contribution in [3.63, 3.8) is 0 Å². The van der Waals surface area contributed by atoms with Crippen molar-refractivity contribution < 1.29 is 9.53 Å². The van der Waals surface area contributed by atoms with Crippen LogP contribution in [0.25, 0.3) is 10.8 Å². The van der Waals surface area contributed by atoms with Crippen molar-refractivity contribution in [2.75, 3.05) is 0 Å². The maximum absolute atomic E-state index is 10.6. The van der Waals surface area contributed by atoms with E-state index in [0.29, 0.717) is 5.75 Å². The van der Waals surface area contributed by atoms with Gasteiger partial charge in [0.15, 0.2) is 0 Å². The molecule has 4 heteroatoms. The molecule has 0 aliphatic heterocycles. The second-order valence-corrected chi connectivity index (χ2v) is 2.90. The van der Waals surface area contributed by atoms with Crippen molar-refractivity contribution in [1.29, 1.82) is 0 Å². The zero-order valence-corrected chi connectivity index (χ0v) is 8.44. The molecule has 0 fully saturated rings. The number of quaternary nitrogens is 1. The summed E-state index contributed by atoms with van der Waals surface area (Å²) in [6.07, 6.45) is -0.790. The first kappa shape index (κ1) is 11.0. The van der Waals surface area contributed by atoms with Gasteiger partial charge in [0, 0.05) is 5.39 Å². The highest BCUT2D eigenvalue weighted by molar-refractivity contribution is 5.89. The van der Waals surface area contributed by atoms with Gasteiger partial charge in [-0.25, -0.2) is 4.79 Å². The Morgan fingerprint density at radius 1 is 1.07 bits per heavy atom. The predicted octanol–water partition coefficient (Wildman–Crippen LogP) is 2.67. The molecule has 0 unspecified atom stereocenters. The molecule has 0 atom stereocenters. The minimum atomic E-state index is -0.790. The fraction of sp³-hybridized carbons (Fsp3) is 0. The number of rotatable bonds is 1. The molecule has 78 valence electrons. The van der Waals surface area contributed by atoms with Crippen LogP contribution in [0.1, 0.15) is 0 Å². The summed E-state index contributed by atoms with van der Waals surface area (Å²) < 4.78 is 4.87. The third-order valence-corrected chi connectivity index (χ3v) is 1.96. The third kappa shape index (κ3) is 2.24. The largest absolute Gasteiger partial charge is 0.410 e. The van der Waals surface area contributed by atoms with Gasteiger partial charge in [-0.05, 0) is 11.5 Å². The molecule has 0 aliphatic carbocycles. The molecule has 0 saturated heterocycles. The first-order chi connectivity index (χ1) is 6.77. The van der Waals surface area contributed by atoms with Crippen molar-refractivity contribution in [3.8, 4) is 5.75 Å². The Morgan fingerprint density at radius 2 is 1.73 bits per heavy atom. The Bertz CT molecular complexity index is 477. The Kier molecular flexibility index (Phi) is 3.25. The van der Waals surface area contributed by atoms with E-state index in [1.807, 2.05) is 36.4 Å². The summed E-state index contributed by atoms with van der Waals surface area (Å²) in [6.45, 7) is 0. The van der Waals surface area contributed by atoms with Crippen LogP contribution in [0, 0.1) is 0 Å². The topological polar surface area (TPSA) is 88.8 Å². The average molecular weight is 205 g/mol. The Balaban J connectivity index is 0.00000112. The van der Waals surface area contributed by atoms with Gasteiger partial charge < -0.3 is 16.6 Å². The standard InChI is InChI=1S/C11H9NO2.H3N/c12-11(13)14-10-7-3-5-8-4-1-2-6-9(8)10;/h1-7H,(H2,12,13);1H3/p+1. The van der Waals surface area contributed by atoms with E-state index >= 15 is 0 Å². The molecule has 4 nitrogen and oxygen atoms in total.